The van der Waals surface area contributed by atoms with Gasteiger partial charge in [-0.05, 0) is 37.3 Å². The van der Waals surface area contributed by atoms with Gasteiger partial charge in [0.1, 0.15) is 0 Å². The number of carbonyl (C=O) groups is 3. The molecule has 0 heterocycles. The van der Waals surface area contributed by atoms with Crippen LogP contribution in [0.4, 0.5) is 0 Å². The van der Waals surface area contributed by atoms with E-state index in [1.807, 2.05) is 13.8 Å². The molecular formula is C23H39NO4. The molecular weight excluding hydrogens is 354 g/mol. The molecule has 0 aliphatic heterocycles. The van der Waals surface area contributed by atoms with Gasteiger partial charge in [-0.2, -0.15) is 0 Å². The Labute approximate surface area is 170 Å². The molecule has 0 radical (unpaired) electrons. The average Bonchev–Trinajstić information content (AvgIpc) is 2.66. The lowest BCUT2D eigenvalue weighted by Gasteiger charge is -2.19. The highest BCUT2D eigenvalue weighted by Crippen LogP contribution is 2.06. The van der Waals surface area contributed by atoms with E-state index in [1.165, 1.54) is 31.4 Å². The lowest BCUT2D eigenvalue weighted by atomic mass is 10.0. The van der Waals surface area contributed by atoms with Crippen LogP contribution in [-0.2, 0) is 14.4 Å². The van der Waals surface area contributed by atoms with E-state index in [4.69, 9.17) is 0 Å². The van der Waals surface area contributed by atoms with Gasteiger partial charge < -0.3 is 10.4 Å². The van der Waals surface area contributed by atoms with Crippen LogP contribution in [0.3, 0.4) is 0 Å². The molecule has 1 atom stereocenters. The Hall–Kier alpha value is -1.75. The second-order valence-electron chi connectivity index (χ2n) is 7.62. The monoisotopic (exact) mass is 393 g/mol. The molecule has 0 aromatic rings. The fourth-order valence-electron chi connectivity index (χ4n) is 2.68. The molecule has 1 unspecified atom stereocenters. The summed E-state index contributed by atoms with van der Waals surface area (Å²) in [5.74, 6) is 0.184. The highest BCUT2D eigenvalue weighted by molar-refractivity contribution is 5.91. The van der Waals surface area contributed by atoms with Gasteiger partial charge in [0.05, 0.1) is 12.6 Å². The van der Waals surface area contributed by atoms with Crippen molar-refractivity contribution in [2.45, 2.75) is 91.0 Å². The van der Waals surface area contributed by atoms with Crippen LogP contribution < -0.4 is 5.32 Å². The van der Waals surface area contributed by atoms with Gasteiger partial charge in [0, 0.05) is 19.3 Å². The second kappa shape index (κ2) is 17.4. The van der Waals surface area contributed by atoms with Crippen molar-refractivity contribution < 1.29 is 19.5 Å². The number of amides is 1. The summed E-state index contributed by atoms with van der Waals surface area (Å²) in [6.45, 7) is 5.99. The maximum absolute atomic E-state index is 11.8. The zero-order chi connectivity index (χ0) is 21.2. The molecule has 0 spiro atoms. The minimum Gasteiger partial charge on any atom is -0.394 e. The van der Waals surface area contributed by atoms with Crippen molar-refractivity contribution in [1.29, 1.82) is 0 Å². The van der Waals surface area contributed by atoms with Crippen LogP contribution >= 0.6 is 0 Å². The topological polar surface area (TPSA) is 83.5 Å². The highest BCUT2D eigenvalue weighted by Gasteiger charge is 2.14. The average molecular weight is 394 g/mol. The third-order valence-corrected chi connectivity index (χ3v) is 4.63. The van der Waals surface area contributed by atoms with Gasteiger partial charge in [-0.15, -0.1) is 0 Å². The Morgan fingerprint density at radius 1 is 0.821 bits per heavy atom. The zero-order valence-corrected chi connectivity index (χ0v) is 17.9. The fourth-order valence-corrected chi connectivity index (χ4v) is 2.68. The molecule has 0 fully saturated rings. The van der Waals surface area contributed by atoms with Crippen molar-refractivity contribution >= 4 is 17.5 Å². The molecule has 28 heavy (non-hydrogen) atoms. The summed E-state index contributed by atoms with van der Waals surface area (Å²) in [5, 5.41) is 12.0. The van der Waals surface area contributed by atoms with E-state index in [0.717, 1.165) is 12.8 Å². The molecule has 2 N–H and O–H groups in total. The van der Waals surface area contributed by atoms with E-state index in [-0.39, 0.29) is 36.0 Å². The zero-order valence-electron chi connectivity index (χ0n) is 17.9. The minimum atomic E-state index is -0.220. The van der Waals surface area contributed by atoms with E-state index in [0.29, 0.717) is 32.1 Å². The molecule has 0 aliphatic rings. The van der Waals surface area contributed by atoms with Crippen molar-refractivity contribution in [3.63, 3.8) is 0 Å². The van der Waals surface area contributed by atoms with Crippen molar-refractivity contribution in [3.8, 4) is 0 Å². The predicted octanol–water partition coefficient (Wildman–Crippen LogP) is 4.29. The molecule has 0 bridgehead atoms. The third-order valence-electron chi connectivity index (χ3n) is 4.63. The summed E-state index contributed by atoms with van der Waals surface area (Å²) in [6, 6.07) is -0.220. The molecule has 0 saturated heterocycles. The highest BCUT2D eigenvalue weighted by atomic mass is 16.3. The quantitative estimate of drug-likeness (QED) is 0.219. The van der Waals surface area contributed by atoms with Crippen LogP contribution in [-0.4, -0.2) is 35.2 Å². The fraction of sp³-hybridized carbons (Fsp3) is 0.696. The molecule has 0 aromatic heterocycles. The number of hydrogen-bond acceptors (Lipinski definition) is 4. The number of unbranched alkanes of at least 4 members (excludes halogenated alkanes) is 5. The third kappa shape index (κ3) is 15.3. The van der Waals surface area contributed by atoms with Gasteiger partial charge in [0.15, 0.2) is 11.6 Å². The van der Waals surface area contributed by atoms with Crippen molar-refractivity contribution in [1.82, 2.24) is 5.32 Å². The maximum Gasteiger partial charge on any atom is 0.220 e. The van der Waals surface area contributed by atoms with Crippen molar-refractivity contribution in [3.05, 3.63) is 24.3 Å². The molecule has 0 rings (SSSR count). The molecule has 5 heteroatoms. The first kappa shape index (κ1) is 26.2. The lowest BCUT2D eigenvalue weighted by Crippen LogP contribution is -2.41. The van der Waals surface area contributed by atoms with Gasteiger partial charge in [-0.3, -0.25) is 14.4 Å². The number of aliphatic hydroxyl groups is 1. The van der Waals surface area contributed by atoms with E-state index in [9.17, 15) is 19.5 Å². The van der Waals surface area contributed by atoms with Gasteiger partial charge >= 0.3 is 0 Å². The van der Waals surface area contributed by atoms with E-state index < -0.39 is 0 Å². The largest absolute Gasteiger partial charge is 0.394 e. The van der Waals surface area contributed by atoms with Crippen LogP contribution in [0.15, 0.2) is 24.3 Å². The molecule has 1 amide bonds. The number of carbonyl (C=O) groups excluding carboxylic acids is 3. The number of rotatable bonds is 17. The lowest BCUT2D eigenvalue weighted by molar-refractivity contribution is -0.123. The summed E-state index contributed by atoms with van der Waals surface area (Å²) in [7, 11) is 0. The Morgan fingerprint density at radius 3 is 1.82 bits per heavy atom. The SMILES string of the molecule is CCCCCCCC(=O)/C=C/C=C/C(=O)CCCCC(=O)NC(CO)C(C)C. The summed E-state index contributed by atoms with van der Waals surface area (Å²) >= 11 is 0. The van der Waals surface area contributed by atoms with Crippen LogP contribution in [0.2, 0.25) is 0 Å². The van der Waals surface area contributed by atoms with Crippen LogP contribution in [0, 0.1) is 5.92 Å². The van der Waals surface area contributed by atoms with Crippen LogP contribution in [0.1, 0.15) is 85.0 Å². The summed E-state index contributed by atoms with van der Waals surface area (Å²) in [5.41, 5.74) is 0. The maximum atomic E-state index is 11.8. The van der Waals surface area contributed by atoms with Crippen LogP contribution in [0.25, 0.3) is 0 Å². The van der Waals surface area contributed by atoms with Crippen molar-refractivity contribution in [2.75, 3.05) is 6.61 Å². The van der Waals surface area contributed by atoms with Crippen molar-refractivity contribution in [2.24, 2.45) is 5.92 Å². The molecule has 0 aromatic carbocycles. The molecule has 0 saturated carbocycles. The second-order valence-corrected chi connectivity index (χ2v) is 7.62. The van der Waals surface area contributed by atoms with Gasteiger partial charge in [-0.1, -0.05) is 58.6 Å². The normalized spacial score (nSPS) is 12.8. The molecule has 0 aliphatic carbocycles. The standard InChI is InChI=1S/C23H39NO4/c1-4-5-6-7-8-13-20(26)14-9-10-15-21(27)16-11-12-17-23(28)24-22(18-25)19(2)3/h9-10,14-15,19,22,25H,4-8,11-13,16-18H2,1-3H3,(H,24,28)/b14-9+,15-10+. The van der Waals surface area contributed by atoms with Gasteiger partial charge in [-0.25, -0.2) is 0 Å². The van der Waals surface area contributed by atoms with Gasteiger partial charge in [0.25, 0.3) is 0 Å². The van der Waals surface area contributed by atoms with E-state index in [1.54, 1.807) is 12.2 Å². The minimum absolute atomic E-state index is 0.00696. The summed E-state index contributed by atoms with van der Waals surface area (Å²) in [6.07, 6.45) is 14.4. The van der Waals surface area contributed by atoms with E-state index in [2.05, 4.69) is 12.2 Å². The van der Waals surface area contributed by atoms with Crippen LogP contribution in [0.5, 0.6) is 0 Å². The Kier molecular flexibility index (Phi) is 16.3. The first-order valence-electron chi connectivity index (χ1n) is 10.7. The first-order valence-corrected chi connectivity index (χ1v) is 10.7. The summed E-state index contributed by atoms with van der Waals surface area (Å²) < 4.78 is 0. The molecule has 160 valence electrons. The van der Waals surface area contributed by atoms with E-state index >= 15 is 0 Å². The number of ketones is 2. The van der Waals surface area contributed by atoms with Gasteiger partial charge in [0.2, 0.25) is 5.91 Å². The Bertz CT molecular complexity index is 509. The Balaban J connectivity index is 3.85. The predicted molar refractivity (Wildman–Crippen MR) is 114 cm³/mol. The number of nitrogens with one attached hydrogen (secondary N) is 1. The first-order chi connectivity index (χ1) is 13.4. The Morgan fingerprint density at radius 2 is 1.32 bits per heavy atom. The number of aliphatic hydroxyl groups excluding tert-OH is 1. The smallest absolute Gasteiger partial charge is 0.220 e. The molecule has 5 nitrogen and oxygen atoms in total. The number of allylic oxidation sites excluding steroid dienone is 4. The summed E-state index contributed by atoms with van der Waals surface area (Å²) in [4.78, 5) is 35.3. The number of hydrogen-bond donors (Lipinski definition) is 2.